The van der Waals surface area contributed by atoms with Crippen molar-refractivity contribution in [3.63, 3.8) is 0 Å². The number of allylic oxidation sites excluding steroid dienone is 11. The van der Waals surface area contributed by atoms with Crippen LogP contribution in [0.3, 0.4) is 0 Å². The second kappa shape index (κ2) is 11.3. The molecule has 0 unspecified atom stereocenters. The molecule has 0 spiro atoms. The fourth-order valence-electron chi connectivity index (χ4n) is 2.98. The highest BCUT2D eigenvalue weighted by atomic mass is 14.2. The van der Waals surface area contributed by atoms with Gasteiger partial charge in [0.05, 0.1) is 0 Å². The predicted octanol–water partition coefficient (Wildman–Crippen LogP) is 7.76. The monoisotopic (exact) mass is 332 g/mol. The summed E-state index contributed by atoms with van der Waals surface area (Å²) >= 11 is 0. The first-order valence-corrected chi connectivity index (χ1v) is 9.22. The molecular formula is C25H32. The van der Waals surface area contributed by atoms with Gasteiger partial charge in [0.1, 0.15) is 0 Å². The highest BCUT2D eigenvalue weighted by molar-refractivity contribution is 5.87. The van der Waals surface area contributed by atoms with Crippen molar-refractivity contribution in [2.75, 3.05) is 0 Å². The van der Waals surface area contributed by atoms with Crippen LogP contribution in [0.25, 0.3) is 5.57 Å². The molecule has 0 nitrogen and oxygen atoms in total. The molecule has 1 aromatic rings. The normalized spacial score (nSPS) is 14.3. The molecule has 132 valence electrons. The molecular weight excluding hydrogens is 300 g/mol. The summed E-state index contributed by atoms with van der Waals surface area (Å²) in [5, 5.41) is 0. The largest absolute Gasteiger partial charge is 0.0990 e. The summed E-state index contributed by atoms with van der Waals surface area (Å²) in [4.78, 5) is 0. The third kappa shape index (κ3) is 5.90. The van der Waals surface area contributed by atoms with E-state index in [0.29, 0.717) is 0 Å². The van der Waals surface area contributed by atoms with E-state index >= 15 is 0 Å². The molecule has 0 N–H and O–H groups in total. The average Bonchev–Trinajstić information content (AvgIpc) is 2.60. The van der Waals surface area contributed by atoms with Gasteiger partial charge in [-0.3, -0.25) is 0 Å². The van der Waals surface area contributed by atoms with Crippen LogP contribution in [0.2, 0.25) is 0 Å². The Labute approximate surface area is 154 Å². The fraction of sp³-hybridized carbons (Fsp3) is 0.280. The second-order valence-electron chi connectivity index (χ2n) is 6.00. The molecule has 0 atom stereocenters. The molecule has 0 radical (unpaired) electrons. The summed E-state index contributed by atoms with van der Waals surface area (Å²) in [5.74, 6) is 0. The van der Waals surface area contributed by atoms with Crippen LogP contribution in [0.15, 0.2) is 90.1 Å². The molecule has 0 fully saturated rings. The summed E-state index contributed by atoms with van der Waals surface area (Å²) < 4.78 is 0. The van der Waals surface area contributed by atoms with E-state index < -0.39 is 0 Å². The average molecular weight is 333 g/mol. The molecule has 0 heterocycles. The minimum Gasteiger partial charge on any atom is -0.0990 e. The minimum atomic E-state index is 0.964. The van der Waals surface area contributed by atoms with E-state index in [-0.39, 0.29) is 0 Å². The molecule has 0 amide bonds. The Hall–Kier alpha value is -2.34. The van der Waals surface area contributed by atoms with Crippen LogP contribution in [-0.4, -0.2) is 0 Å². The van der Waals surface area contributed by atoms with E-state index in [1.54, 1.807) is 0 Å². The SMILES string of the molecule is C=C/C=C(\C=C/C)C(/CC)=C(C(/C=C\C)=C/CC)\c1ccc(C)cc1. The van der Waals surface area contributed by atoms with E-state index in [4.69, 9.17) is 0 Å². The smallest absolute Gasteiger partial charge is 0.00768 e. The Balaban J connectivity index is 3.82. The Bertz CT molecular complexity index is 701. The van der Waals surface area contributed by atoms with Crippen LogP contribution < -0.4 is 0 Å². The van der Waals surface area contributed by atoms with Gasteiger partial charge >= 0.3 is 0 Å². The Morgan fingerprint density at radius 3 is 2.04 bits per heavy atom. The van der Waals surface area contributed by atoms with Crippen LogP contribution >= 0.6 is 0 Å². The molecule has 0 aliphatic carbocycles. The Morgan fingerprint density at radius 1 is 0.960 bits per heavy atom. The molecule has 0 aliphatic rings. The maximum Gasteiger partial charge on any atom is -0.00768 e. The zero-order valence-corrected chi connectivity index (χ0v) is 16.5. The van der Waals surface area contributed by atoms with Gasteiger partial charge in [-0.15, -0.1) is 0 Å². The molecule has 0 heteroatoms. The number of hydrogen-bond acceptors (Lipinski definition) is 0. The minimum absolute atomic E-state index is 0.964. The zero-order chi connectivity index (χ0) is 18.7. The van der Waals surface area contributed by atoms with Crippen LogP contribution in [0, 0.1) is 6.92 Å². The van der Waals surface area contributed by atoms with Crippen molar-refractivity contribution in [1.82, 2.24) is 0 Å². The van der Waals surface area contributed by atoms with E-state index in [0.717, 1.165) is 12.8 Å². The van der Waals surface area contributed by atoms with Gasteiger partial charge in [-0.05, 0) is 61.5 Å². The highest BCUT2D eigenvalue weighted by Crippen LogP contribution is 2.34. The van der Waals surface area contributed by atoms with Crippen molar-refractivity contribution in [2.45, 2.75) is 47.5 Å². The third-order valence-electron chi connectivity index (χ3n) is 4.05. The van der Waals surface area contributed by atoms with Gasteiger partial charge in [0.25, 0.3) is 0 Å². The molecule has 1 aromatic carbocycles. The molecule has 0 saturated heterocycles. The summed E-state index contributed by atoms with van der Waals surface area (Å²) in [7, 11) is 0. The summed E-state index contributed by atoms with van der Waals surface area (Å²) in [6, 6.07) is 8.84. The van der Waals surface area contributed by atoms with Crippen LogP contribution in [-0.2, 0) is 0 Å². The van der Waals surface area contributed by atoms with Crippen LogP contribution in [0.1, 0.15) is 51.7 Å². The van der Waals surface area contributed by atoms with Gasteiger partial charge in [0.15, 0.2) is 0 Å². The van der Waals surface area contributed by atoms with Crippen molar-refractivity contribution < 1.29 is 0 Å². The van der Waals surface area contributed by atoms with Gasteiger partial charge in [0, 0.05) is 0 Å². The number of rotatable bonds is 8. The molecule has 0 aromatic heterocycles. The Kier molecular flexibility index (Phi) is 9.32. The third-order valence-corrected chi connectivity index (χ3v) is 4.05. The maximum atomic E-state index is 3.90. The lowest BCUT2D eigenvalue weighted by Gasteiger charge is -2.18. The van der Waals surface area contributed by atoms with Gasteiger partial charge in [-0.1, -0.05) is 92.8 Å². The van der Waals surface area contributed by atoms with Crippen molar-refractivity contribution in [1.29, 1.82) is 0 Å². The second-order valence-corrected chi connectivity index (χ2v) is 6.00. The lowest BCUT2D eigenvalue weighted by Crippen LogP contribution is -1.98. The van der Waals surface area contributed by atoms with E-state index in [2.05, 4.69) is 102 Å². The predicted molar refractivity (Wildman–Crippen MR) is 115 cm³/mol. The first-order valence-electron chi connectivity index (χ1n) is 9.22. The first-order chi connectivity index (χ1) is 12.1. The van der Waals surface area contributed by atoms with Crippen molar-refractivity contribution in [3.05, 3.63) is 101 Å². The van der Waals surface area contributed by atoms with Crippen molar-refractivity contribution in [2.24, 2.45) is 0 Å². The lowest BCUT2D eigenvalue weighted by atomic mass is 9.86. The first kappa shape index (κ1) is 20.7. The summed E-state index contributed by atoms with van der Waals surface area (Å²) in [6.07, 6.45) is 16.9. The van der Waals surface area contributed by atoms with E-state index in [1.807, 2.05) is 6.08 Å². The maximum absolute atomic E-state index is 3.90. The van der Waals surface area contributed by atoms with Gasteiger partial charge in [0.2, 0.25) is 0 Å². The highest BCUT2D eigenvalue weighted by Gasteiger charge is 2.13. The van der Waals surface area contributed by atoms with Gasteiger partial charge in [-0.2, -0.15) is 0 Å². The molecule has 0 bridgehead atoms. The zero-order valence-electron chi connectivity index (χ0n) is 16.5. The molecule has 0 aliphatic heterocycles. The standard InChI is InChI=1S/C25H32/c1-7-12-21(13-8-2)24(11-5)25(22(14-9-3)15-10-4)23-18-16-20(6)17-19-23/h7-9,12-19H,1,10-11H2,2-6H3/b13-8-,14-9-,21-12+,22-15+,25-24-. The molecule has 25 heavy (non-hydrogen) atoms. The van der Waals surface area contributed by atoms with E-state index in [1.165, 1.54) is 33.4 Å². The quantitative estimate of drug-likeness (QED) is 0.427. The van der Waals surface area contributed by atoms with Crippen molar-refractivity contribution in [3.8, 4) is 0 Å². The Morgan fingerprint density at radius 2 is 1.56 bits per heavy atom. The summed E-state index contributed by atoms with van der Waals surface area (Å²) in [6.45, 7) is 14.6. The number of benzene rings is 1. The molecule has 1 rings (SSSR count). The molecule has 0 saturated carbocycles. The van der Waals surface area contributed by atoms with Crippen LogP contribution in [0.4, 0.5) is 0 Å². The topological polar surface area (TPSA) is 0 Å². The van der Waals surface area contributed by atoms with E-state index in [9.17, 15) is 0 Å². The number of aryl methyl sites for hydroxylation is 1. The number of hydrogen-bond donors (Lipinski definition) is 0. The summed E-state index contributed by atoms with van der Waals surface area (Å²) in [5.41, 5.74) is 7.71. The van der Waals surface area contributed by atoms with Gasteiger partial charge < -0.3 is 0 Å². The lowest BCUT2D eigenvalue weighted by molar-refractivity contribution is 1.12. The van der Waals surface area contributed by atoms with Crippen molar-refractivity contribution >= 4 is 5.57 Å². The van der Waals surface area contributed by atoms with Gasteiger partial charge in [-0.25, -0.2) is 0 Å². The fourth-order valence-corrected chi connectivity index (χ4v) is 2.98. The van der Waals surface area contributed by atoms with Crippen LogP contribution in [0.5, 0.6) is 0 Å².